The third-order valence-electron chi connectivity index (χ3n) is 6.71. The van der Waals surface area contributed by atoms with E-state index < -0.39 is 49.4 Å². The molecule has 1 aliphatic rings. The number of aliphatic hydroxyl groups excluding tert-OH is 2. The molecule has 0 aliphatic carbocycles. The van der Waals surface area contributed by atoms with Crippen molar-refractivity contribution in [2.24, 2.45) is 5.41 Å². The molecule has 0 saturated carbocycles. The Labute approximate surface area is 245 Å². The number of aromatic nitrogens is 4. The van der Waals surface area contributed by atoms with E-state index in [4.69, 9.17) is 19.5 Å². The summed E-state index contributed by atoms with van der Waals surface area (Å²) in [6.45, 7) is 3.78. The van der Waals surface area contributed by atoms with E-state index in [0.717, 1.165) is 17.3 Å². The number of H-pyrrole nitrogens is 1. The van der Waals surface area contributed by atoms with Gasteiger partial charge in [0.1, 0.15) is 17.8 Å². The number of nitrogens with one attached hydrogen (secondary N) is 2. The molecule has 230 valence electrons. The second-order valence-electron chi connectivity index (χ2n) is 10.6. The molecule has 3 heterocycles. The number of carbonyl (C=O) groups is 1. The van der Waals surface area contributed by atoms with Crippen molar-refractivity contribution in [3.63, 3.8) is 0 Å². The van der Waals surface area contributed by atoms with E-state index in [0.29, 0.717) is 0 Å². The lowest BCUT2D eigenvalue weighted by Crippen LogP contribution is -2.44. The van der Waals surface area contributed by atoms with Gasteiger partial charge in [-0.05, 0) is 26.3 Å². The largest absolute Gasteiger partial charge is 0.405 e. The number of nitrogens with zero attached hydrogens (tertiary/aromatic N) is 3. The fraction of sp³-hybridized carbons (Fsp3) is 0.520. The second-order valence-corrected chi connectivity index (χ2v) is 13.5. The number of aromatic amines is 1. The summed E-state index contributed by atoms with van der Waals surface area (Å²) in [7, 11) is -4.04. The maximum atomic E-state index is 13.7. The van der Waals surface area contributed by atoms with Crippen LogP contribution in [0.3, 0.4) is 0 Å². The zero-order valence-corrected chi connectivity index (χ0v) is 25.0. The molecule has 2 aromatic heterocycles. The van der Waals surface area contributed by atoms with Crippen LogP contribution in [0.1, 0.15) is 32.6 Å². The van der Waals surface area contributed by atoms with E-state index in [1.54, 1.807) is 13.8 Å². The van der Waals surface area contributed by atoms with Gasteiger partial charge in [0.25, 0.3) is 5.56 Å². The maximum absolute atomic E-state index is 13.7. The molecule has 2 unspecified atom stereocenters. The molecule has 0 spiro atoms. The fourth-order valence-electron chi connectivity index (χ4n) is 4.13. The van der Waals surface area contributed by atoms with E-state index in [1.165, 1.54) is 17.8 Å². The zero-order valence-electron chi connectivity index (χ0n) is 23.3. The van der Waals surface area contributed by atoms with Gasteiger partial charge in [-0.2, -0.15) is 4.98 Å². The molecular weight excluding hydrogens is 591 g/mol. The molecule has 1 aliphatic heterocycles. The van der Waals surface area contributed by atoms with Gasteiger partial charge in [-0.15, -0.1) is 0 Å². The molecule has 0 radical (unpaired) electrons. The van der Waals surface area contributed by atoms with Gasteiger partial charge in [0, 0.05) is 12.3 Å². The number of thioether (sulfide) groups is 1. The van der Waals surface area contributed by atoms with Crippen molar-refractivity contribution < 1.29 is 38.5 Å². The molecule has 1 fully saturated rings. The minimum Gasteiger partial charge on any atom is -0.395 e. The minimum atomic E-state index is -4.04. The van der Waals surface area contributed by atoms with Gasteiger partial charge in [-0.25, -0.2) is 14.6 Å². The molecular formula is C25H35N6O9PS. The summed E-state index contributed by atoms with van der Waals surface area (Å²) in [5, 5.41) is 34.0. The Bertz CT molecular complexity index is 1500. The number of imidazole rings is 1. The zero-order chi connectivity index (χ0) is 30.7. The lowest BCUT2D eigenvalue weighted by molar-refractivity contribution is -0.119. The molecule has 7 N–H and O–H groups in total. The number of ether oxygens (including phenoxy) is 1. The van der Waals surface area contributed by atoms with Gasteiger partial charge in [0.15, 0.2) is 22.5 Å². The smallest absolute Gasteiger partial charge is 0.395 e. The molecule has 17 heteroatoms. The van der Waals surface area contributed by atoms with Crippen LogP contribution in [0.5, 0.6) is 0 Å². The van der Waals surface area contributed by atoms with E-state index in [2.05, 4.69) is 20.0 Å². The molecule has 5 atom stereocenters. The highest BCUT2D eigenvalue weighted by Crippen LogP contribution is 2.46. The van der Waals surface area contributed by atoms with Crippen LogP contribution in [0.2, 0.25) is 0 Å². The summed E-state index contributed by atoms with van der Waals surface area (Å²) in [6.07, 6.45) is -2.72. The normalized spacial score (nSPS) is 24.2. The van der Waals surface area contributed by atoms with Crippen LogP contribution in [-0.4, -0.2) is 83.3 Å². The summed E-state index contributed by atoms with van der Waals surface area (Å²) in [4.78, 5) is 34.9. The van der Waals surface area contributed by atoms with Crippen molar-refractivity contribution in [3.05, 3.63) is 52.6 Å². The summed E-state index contributed by atoms with van der Waals surface area (Å²) >= 11 is 0.934. The first kappa shape index (κ1) is 32.3. The Kier molecular flexibility index (Phi) is 9.92. The van der Waals surface area contributed by atoms with E-state index in [-0.39, 0.29) is 47.7 Å². The van der Waals surface area contributed by atoms with Gasteiger partial charge >= 0.3 is 7.75 Å². The topological polar surface area (TPSA) is 224 Å². The van der Waals surface area contributed by atoms with Crippen molar-refractivity contribution in [1.82, 2.24) is 24.6 Å². The standard InChI is InChI=1S/C25H35N6O9PS/c1-24(2,13-32)22(35)42-10-9-38-41(37,28-11-15-7-5-4-6-8-15)39-12-16-18(33)25(3,36)21(40-16)31-14-27-17-19(31)29-23(26)30-20(17)34/h4-8,14,16,18,21,32-33,36H,9-13H2,1-3H3,(H,28,37)(H3,26,29,30,34)/t16-,18-,21?,25-,41?/m1/s1. The number of nitrogen functional groups attached to an aromatic ring is 1. The first-order valence-corrected chi connectivity index (χ1v) is 15.5. The van der Waals surface area contributed by atoms with Crippen molar-refractivity contribution in [1.29, 1.82) is 0 Å². The van der Waals surface area contributed by atoms with Crippen LogP contribution in [0.4, 0.5) is 5.95 Å². The fourth-order valence-corrected chi connectivity index (χ4v) is 6.37. The van der Waals surface area contributed by atoms with Crippen molar-refractivity contribution >= 4 is 41.7 Å². The third-order valence-corrected chi connectivity index (χ3v) is 9.45. The van der Waals surface area contributed by atoms with Crippen LogP contribution < -0.4 is 16.4 Å². The van der Waals surface area contributed by atoms with E-state index >= 15 is 0 Å². The van der Waals surface area contributed by atoms with Crippen molar-refractivity contribution in [2.75, 3.05) is 31.3 Å². The van der Waals surface area contributed by atoms with Gasteiger partial charge in [-0.1, -0.05) is 42.1 Å². The van der Waals surface area contributed by atoms with E-state index in [1.807, 2.05) is 30.3 Å². The highest BCUT2D eigenvalue weighted by atomic mass is 32.2. The number of rotatable bonds is 13. The average Bonchev–Trinajstić information content (AvgIpc) is 3.47. The Hall–Kier alpha value is -2.66. The minimum absolute atomic E-state index is 0.0326. The number of benzene rings is 1. The lowest BCUT2D eigenvalue weighted by Gasteiger charge is -2.27. The number of anilines is 1. The van der Waals surface area contributed by atoms with Crippen molar-refractivity contribution in [3.8, 4) is 0 Å². The number of hydrogen-bond acceptors (Lipinski definition) is 13. The summed E-state index contributed by atoms with van der Waals surface area (Å²) < 4.78 is 32.1. The lowest BCUT2D eigenvalue weighted by atomic mass is 9.96. The summed E-state index contributed by atoms with van der Waals surface area (Å²) in [5.41, 5.74) is 3.04. The molecule has 0 bridgehead atoms. The number of aliphatic hydroxyl groups is 3. The Morgan fingerprint density at radius 2 is 2.05 bits per heavy atom. The first-order valence-electron chi connectivity index (χ1n) is 13.0. The Balaban J connectivity index is 1.46. The highest BCUT2D eigenvalue weighted by molar-refractivity contribution is 8.13. The molecule has 3 aromatic rings. The van der Waals surface area contributed by atoms with Crippen LogP contribution in [0.15, 0.2) is 41.5 Å². The molecule has 0 amide bonds. The predicted octanol–water partition coefficient (Wildman–Crippen LogP) is 0.921. The number of hydrogen-bond donors (Lipinski definition) is 6. The average molecular weight is 627 g/mol. The van der Waals surface area contributed by atoms with Crippen molar-refractivity contribution in [2.45, 2.75) is 51.4 Å². The molecule has 42 heavy (non-hydrogen) atoms. The van der Waals surface area contributed by atoms with Gasteiger partial charge in [0.2, 0.25) is 5.95 Å². The van der Waals surface area contributed by atoms with Gasteiger partial charge in [0.05, 0.1) is 31.6 Å². The Morgan fingerprint density at radius 3 is 2.74 bits per heavy atom. The molecule has 1 aromatic carbocycles. The second kappa shape index (κ2) is 12.9. The number of nitrogens with two attached hydrogens (primary N) is 1. The third kappa shape index (κ3) is 7.10. The monoisotopic (exact) mass is 626 g/mol. The molecule has 1 saturated heterocycles. The summed E-state index contributed by atoms with van der Waals surface area (Å²) in [5.74, 6) is -0.0278. The highest BCUT2D eigenvalue weighted by Gasteiger charge is 2.54. The maximum Gasteiger partial charge on any atom is 0.405 e. The number of carbonyl (C=O) groups excluding carboxylic acids is 1. The van der Waals surface area contributed by atoms with Crippen LogP contribution >= 0.6 is 19.5 Å². The van der Waals surface area contributed by atoms with Gasteiger partial charge < -0.3 is 25.8 Å². The van der Waals surface area contributed by atoms with E-state index in [9.17, 15) is 29.5 Å². The molecule has 4 rings (SSSR count). The Morgan fingerprint density at radius 1 is 1.33 bits per heavy atom. The van der Waals surface area contributed by atoms with Crippen LogP contribution in [0, 0.1) is 5.41 Å². The van der Waals surface area contributed by atoms with Crippen LogP contribution in [-0.2, 0) is 29.7 Å². The van der Waals surface area contributed by atoms with Crippen LogP contribution in [0.25, 0.3) is 11.2 Å². The SMILES string of the molecule is CC(C)(CO)C(=O)SCCOP(=O)(NCc1ccccc1)OC[C@H]1OC(n2cnc3c(=O)[nH]c(N)nc32)[C@](C)(O)[C@@H]1O. The summed E-state index contributed by atoms with van der Waals surface area (Å²) in [6, 6.07) is 9.10. The quantitative estimate of drug-likeness (QED) is 0.115. The molecule has 15 nitrogen and oxygen atoms in total. The number of fused-ring (bicyclic) bond motifs is 1. The predicted molar refractivity (Wildman–Crippen MR) is 154 cm³/mol. The van der Waals surface area contributed by atoms with Gasteiger partial charge in [-0.3, -0.25) is 28.2 Å². The first-order chi connectivity index (χ1) is 19.8.